The summed E-state index contributed by atoms with van der Waals surface area (Å²) in [4.78, 5) is 12.3. The molecule has 0 aliphatic carbocycles. The van der Waals surface area contributed by atoms with E-state index in [4.69, 9.17) is 5.73 Å². The van der Waals surface area contributed by atoms with E-state index >= 15 is 0 Å². The van der Waals surface area contributed by atoms with Crippen LogP contribution >= 0.6 is 0 Å². The summed E-state index contributed by atoms with van der Waals surface area (Å²) in [6.45, 7) is 0.234. The molecule has 0 aliphatic rings. The van der Waals surface area contributed by atoms with Crippen LogP contribution in [-0.4, -0.2) is 30.6 Å². The second kappa shape index (κ2) is 5.75. The van der Waals surface area contributed by atoms with Gasteiger partial charge in [-0.1, -0.05) is 12.1 Å². The number of anilines is 1. The van der Waals surface area contributed by atoms with Crippen LogP contribution in [0, 0.1) is 0 Å². The molecule has 0 saturated heterocycles. The van der Waals surface area contributed by atoms with Crippen LogP contribution in [0.2, 0.25) is 0 Å². The SMILES string of the molecule is CN(CCc1cccc(N)c1)C(=O)CC(F)(F)F. The highest BCUT2D eigenvalue weighted by molar-refractivity contribution is 5.76. The number of alkyl halides is 3. The van der Waals surface area contributed by atoms with Crippen LogP contribution in [0.5, 0.6) is 0 Å². The fourth-order valence-corrected chi connectivity index (χ4v) is 1.48. The van der Waals surface area contributed by atoms with Gasteiger partial charge in [0.1, 0.15) is 6.42 Å². The summed E-state index contributed by atoms with van der Waals surface area (Å²) in [6, 6.07) is 7.05. The van der Waals surface area contributed by atoms with E-state index in [0.717, 1.165) is 10.5 Å². The fourth-order valence-electron chi connectivity index (χ4n) is 1.48. The largest absolute Gasteiger partial charge is 0.399 e. The fraction of sp³-hybridized carbons (Fsp3) is 0.417. The summed E-state index contributed by atoms with van der Waals surface area (Å²) in [5.41, 5.74) is 7.06. The zero-order valence-corrected chi connectivity index (χ0v) is 10.00. The molecule has 0 atom stereocenters. The molecule has 3 nitrogen and oxygen atoms in total. The number of hydrogen-bond donors (Lipinski definition) is 1. The van der Waals surface area contributed by atoms with E-state index in [1.165, 1.54) is 7.05 Å². The van der Waals surface area contributed by atoms with Crippen molar-refractivity contribution >= 4 is 11.6 Å². The molecule has 0 radical (unpaired) electrons. The molecule has 0 saturated carbocycles. The standard InChI is InChI=1S/C12H15F3N2O/c1-17(11(18)8-12(13,14)15)6-5-9-3-2-4-10(16)7-9/h2-4,7H,5-6,8,16H2,1H3. The van der Waals surface area contributed by atoms with Gasteiger partial charge in [0.2, 0.25) is 5.91 Å². The predicted octanol–water partition coefficient (Wildman–Crippen LogP) is 2.22. The molecule has 0 spiro atoms. The first-order chi connectivity index (χ1) is 8.28. The molecular weight excluding hydrogens is 245 g/mol. The third kappa shape index (κ3) is 5.07. The van der Waals surface area contributed by atoms with Gasteiger partial charge >= 0.3 is 6.18 Å². The van der Waals surface area contributed by atoms with E-state index in [9.17, 15) is 18.0 Å². The summed E-state index contributed by atoms with van der Waals surface area (Å²) in [6.07, 6.45) is -5.39. The normalized spacial score (nSPS) is 11.3. The van der Waals surface area contributed by atoms with Crippen LogP contribution in [0.1, 0.15) is 12.0 Å². The number of hydrogen-bond acceptors (Lipinski definition) is 2. The van der Waals surface area contributed by atoms with Crippen LogP contribution in [-0.2, 0) is 11.2 Å². The number of nitrogens with zero attached hydrogens (tertiary/aromatic N) is 1. The number of rotatable bonds is 4. The van der Waals surface area contributed by atoms with Crippen LogP contribution in [0.15, 0.2) is 24.3 Å². The van der Waals surface area contributed by atoms with Gasteiger partial charge in [-0.25, -0.2) is 0 Å². The van der Waals surface area contributed by atoms with Crippen molar-refractivity contribution in [2.75, 3.05) is 19.3 Å². The average molecular weight is 260 g/mol. The van der Waals surface area contributed by atoms with Gasteiger partial charge in [0, 0.05) is 19.3 Å². The third-order valence-electron chi connectivity index (χ3n) is 2.46. The average Bonchev–Trinajstić information content (AvgIpc) is 2.23. The van der Waals surface area contributed by atoms with Gasteiger partial charge in [-0.05, 0) is 24.1 Å². The molecule has 1 rings (SSSR count). The van der Waals surface area contributed by atoms with Crippen LogP contribution < -0.4 is 5.73 Å². The monoisotopic (exact) mass is 260 g/mol. The second-order valence-electron chi connectivity index (χ2n) is 4.10. The van der Waals surface area contributed by atoms with Crippen molar-refractivity contribution in [3.8, 4) is 0 Å². The van der Waals surface area contributed by atoms with E-state index in [2.05, 4.69) is 0 Å². The molecule has 6 heteroatoms. The van der Waals surface area contributed by atoms with Crippen LogP contribution in [0.25, 0.3) is 0 Å². The van der Waals surface area contributed by atoms with Crippen molar-refractivity contribution in [3.05, 3.63) is 29.8 Å². The zero-order chi connectivity index (χ0) is 13.8. The Morgan fingerprint density at radius 3 is 2.61 bits per heavy atom. The Hall–Kier alpha value is -1.72. The maximum Gasteiger partial charge on any atom is 0.397 e. The molecule has 1 amide bonds. The number of carbonyl (C=O) groups excluding carboxylic acids is 1. The summed E-state index contributed by atoms with van der Waals surface area (Å²) in [5, 5.41) is 0. The topological polar surface area (TPSA) is 46.3 Å². The summed E-state index contributed by atoms with van der Waals surface area (Å²) < 4.78 is 36.1. The Morgan fingerprint density at radius 1 is 1.39 bits per heavy atom. The molecular formula is C12H15F3N2O. The number of carbonyl (C=O) groups is 1. The number of amides is 1. The third-order valence-corrected chi connectivity index (χ3v) is 2.46. The van der Waals surface area contributed by atoms with Gasteiger partial charge in [0.25, 0.3) is 0 Å². The first-order valence-electron chi connectivity index (χ1n) is 5.43. The van der Waals surface area contributed by atoms with E-state index in [1.807, 2.05) is 6.07 Å². The minimum atomic E-state index is -4.46. The number of nitrogen functional groups attached to an aromatic ring is 1. The molecule has 0 unspecified atom stereocenters. The van der Waals surface area contributed by atoms with Crippen molar-refractivity contribution in [1.29, 1.82) is 0 Å². The van der Waals surface area contributed by atoms with E-state index < -0.39 is 18.5 Å². The Kier molecular flexibility index (Phi) is 4.58. The number of likely N-dealkylation sites (N-methyl/N-ethyl adjacent to an activating group) is 1. The van der Waals surface area contributed by atoms with Crippen molar-refractivity contribution < 1.29 is 18.0 Å². The molecule has 100 valence electrons. The van der Waals surface area contributed by atoms with Crippen molar-refractivity contribution in [3.63, 3.8) is 0 Å². The Bertz CT molecular complexity index is 418. The van der Waals surface area contributed by atoms with Gasteiger partial charge in [0.05, 0.1) is 0 Å². The van der Waals surface area contributed by atoms with Gasteiger partial charge in [-0.2, -0.15) is 13.2 Å². The number of benzene rings is 1. The highest BCUT2D eigenvalue weighted by Crippen LogP contribution is 2.20. The minimum Gasteiger partial charge on any atom is -0.399 e. The first kappa shape index (κ1) is 14.3. The Morgan fingerprint density at radius 2 is 2.06 bits per heavy atom. The Labute approximate surface area is 103 Å². The molecule has 18 heavy (non-hydrogen) atoms. The Balaban J connectivity index is 2.46. The smallest absolute Gasteiger partial charge is 0.397 e. The molecule has 0 aromatic heterocycles. The van der Waals surface area contributed by atoms with Crippen molar-refractivity contribution in [2.24, 2.45) is 0 Å². The summed E-state index contributed by atoms with van der Waals surface area (Å²) >= 11 is 0. The van der Waals surface area contributed by atoms with Crippen LogP contribution in [0.4, 0.5) is 18.9 Å². The molecule has 2 N–H and O–H groups in total. The first-order valence-corrected chi connectivity index (χ1v) is 5.43. The van der Waals surface area contributed by atoms with E-state index in [-0.39, 0.29) is 6.54 Å². The second-order valence-corrected chi connectivity index (χ2v) is 4.10. The van der Waals surface area contributed by atoms with E-state index in [1.54, 1.807) is 18.2 Å². The lowest BCUT2D eigenvalue weighted by atomic mass is 10.1. The molecule has 0 bridgehead atoms. The molecule has 0 aliphatic heterocycles. The minimum absolute atomic E-state index is 0.234. The summed E-state index contributed by atoms with van der Waals surface area (Å²) in [5.74, 6) is -0.925. The number of halogens is 3. The lowest BCUT2D eigenvalue weighted by molar-refractivity contribution is -0.160. The maximum atomic E-state index is 12.0. The summed E-state index contributed by atoms with van der Waals surface area (Å²) in [7, 11) is 1.36. The van der Waals surface area contributed by atoms with E-state index in [0.29, 0.717) is 12.1 Å². The maximum absolute atomic E-state index is 12.0. The van der Waals surface area contributed by atoms with Gasteiger partial charge in [-0.15, -0.1) is 0 Å². The molecule has 1 aromatic rings. The molecule has 1 aromatic carbocycles. The lowest BCUT2D eigenvalue weighted by Gasteiger charge is -2.18. The van der Waals surface area contributed by atoms with Crippen molar-refractivity contribution in [2.45, 2.75) is 19.0 Å². The van der Waals surface area contributed by atoms with Gasteiger partial charge in [-0.3, -0.25) is 4.79 Å². The highest BCUT2D eigenvalue weighted by atomic mass is 19.4. The zero-order valence-electron chi connectivity index (χ0n) is 10.00. The van der Waals surface area contributed by atoms with Crippen molar-refractivity contribution in [1.82, 2.24) is 4.90 Å². The lowest BCUT2D eigenvalue weighted by Crippen LogP contribution is -2.32. The molecule has 0 heterocycles. The predicted molar refractivity (Wildman–Crippen MR) is 62.9 cm³/mol. The van der Waals surface area contributed by atoms with Gasteiger partial charge in [0.15, 0.2) is 0 Å². The van der Waals surface area contributed by atoms with Crippen LogP contribution in [0.3, 0.4) is 0 Å². The quantitative estimate of drug-likeness (QED) is 0.844. The molecule has 0 fully saturated rings. The highest BCUT2D eigenvalue weighted by Gasteiger charge is 2.32. The number of nitrogens with two attached hydrogens (primary N) is 1. The van der Waals surface area contributed by atoms with Gasteiger partial charge < -0.3 is 10.6 Å².